The summed E-state index contributed by atoms with van der Waals surface area (Å²) in [7, 11) is 1.65. The van der Waals surface area contributed by atoms with Gasteiger partial charge in [-0.1, -0.05) is 48.2 Å². The van der Waals surface area contributed by atoms with Crippen LogP contribution < -0.4 is 4.74 Å². The van der Waals surface area contributed by atoms with E-state index in [9.17, 15) is 4.79 Å². The summed E-state index contributed by atoms with van der Waals surface area (Å²) in [5, 5.41) is -0.000896. The van der Waals surface area contributed by atoms with Crippen LogP contribution in [-0.4, -0.2) is 16.6 Å². The van der Waals surface area contributed by atoms with Crippen LogP contribution >= 0.6 is 23.5 Å². The summed E-state index contributed by atoms with van der Waals surface area (Å²) < 4.78 is 6.07. The number of hydrogen-bond acceptors (Lipinski definition) is 5. The molecule has 0 bridgehead atoms. The average molecular weight is 355 g/mol. The summed E-state index contributed by atoms with van der Waals surface area (Å²) in [6.07, 6.45) is 1.83. The van der Waals surface area contributed by atoms with Gasteiger partial charge in [0.25, 0.3) is 0 Å². The molecule has 0 spiro atoms. The summed E-state index contributed by atoms with van der Waals surface area (Å²) in [5.74, 6) is 1.65. The molecule has 5 heteroatoms. The lowest BCUT2D eigenvalue weighted by Crippen LogP contribution is -1.90. The number of rotatable bonds is 4. The van der Waals surface area contributed by atoms with Crippen LogP contribution in [0.25, 0.3) is 6.08 Å². The van der Waals surface area contributed by atoms with Crippen molar-refractivity contribution in [3.8, 4) is 5.75 Å². The van der Waals surface area contributed by atoms with Crippen molar-refractivity contribution in [2.24, 2.45) is 4.99 Å². The Morgan fingerprint density at radius 2 is 2.00 bits per heavy atom. The first-order valence-corrected chi connectivity index (χ1v) is 9.30. The molecule has 0 N–H and O–H groups in total. The Balaban J connectivity index is 1.72. The average Bonchev–Trinajstić information content (AvgIpc) is 2.94. The largest absolute Gasteiger partial charge is 0.496 e. The first kappa shape index (κ1) is 16.9. The van der Waals surface area contributed by atoms with Gasteiger partial charge in [-0.15, -0.1) is 0 Å². The summed E-state index contributed by atoms with van der Waals surface area (Å²) in [4.78, 5) is 16.6. The predicted octanol–water partition coefficient (Wildman–Crippen LogP) is 4.91. The van der Waals surface area contributed by atoms with Crippen LogP contribution in [0, 0.1) is 6.92 Å². The molecule has 122 valence electrons. The third kappa shape index (κ3) is 4.10. The fourth-order valence-corrected chi connectivity index (χ4v) is 4.12. The Labute approximate surface area is 150 Å². The zero-order chi connectivity index (χ0) is 16.9. The first-order chi connectivity index (χ1) is 11.7. The van der Waals surface area contributed by atoms with Gasteiger partial charge in [0.2, 0.25) is 5.12 Å². The fourth-order valence-electron chi connectivity index (χ4n) is 2.32. The van der Waals surface area contributed by atoms with Crippen LogP contribution in [0.5, 0.6) is 5.75 Å². The molecule has 0 fully saturated rings. The number of benzene rings is 2. The van der Waals surface area contributed by atoms with Crippen LogP contribution in [0.4, 0.5) is 0 Å². The van der Waals surface area contributed by atoms with Crippen LogP contribution in [0.2, 0.25) is 0 Å². The van der Waals surface area contributed by atoms with Crippen molar-refractivity contribution in [2.45, 2.75) is 12.7 Å². The monoisotopic (exact) mass is 355 g/mol. The highest BCUT2D eigenvalue weighted by Crippen LogP contribution is 2.33. The van der Waals surface area contributed by atoms with Crippen molar-refractivity contribution in [3.63, 3.8) is 0 Å². The lowest BCUT2D eigenvalue weighted by atomic mass is 10.1. The van der Waals surface area contributed by atoms with E-state index in [0.29, 0.717) is 5.70 Å². The Hall–Kier alpha value is -1.98. The van der Waals surface area contributed by atoms with Gasteiger partial charge >= 0.3 is 0 Å². The molecule has 3 rings (SSSR count). The standard InChI is InChI=1S/C19H17NO2S2/c1-13-10-15(8-9-17(13)22-2)11-16-18(21)24-19(20-16)23-12-14-6-4-3-5-7-14/h3-11H,12H2,1-2H3/b16-11+. The smallest absolute Gasteiger partial charge is 0.244 e. The molecule has 0 aromatic heterocycles. The number of methoxy groups -OCH3 is 1. The van der Waals surface area contributed by atoms with Gasteiger partial charge in [-0.3, -0.25) is 4.79 Å². The van der Waals surface area contributed by atoms with Crippen LogP contribution in [-0.2, 0) is 10.5 Å². The number of aliphatic imine (C=N–C) groups is 1. The van der Waals surface area contributed by atoms with Gasteiger partial charge in [-0.2, -0.15) is 0 Å². The highest BCUT2D eigenvalue weighted by Gasteiger charge is 2.22. The third-order valence-corrected chi connectivity index (χ3v) is 5.61. The molecule has 3 nitrogen and oxygen atoms in total. The molecular formula is C19H17NO2S2. The molecule has 0 unspecified atom stereocenters. The van der Waals surface area contributed by atoms with E-state index < -0.39 is 0 Å². The lowest BCUT2D eigenvalue weighted by molar-refractivity contribution is -0.107. The molecule has 0 aliphatic carbocycles. The van der Waals surface area contributed by atoms with Gasteiger partial charge in [-0.25, -0.2) is 4.99 Å². The van der Waals surface area contributed by atoms with E-state index in [0.717, 1.165) is 27.0 Å². The maximum Gasteiger partial charge on any atom is 0.244 e. The van der Waals surface area contributed by atoms with Crippen molar-refractivity contribution >= 4 is 39.1 Å². The number of aryl methyl sites for hydroxylation is 1. The highest BCUT2D eigenvalue weighted by molar-refractivity contribution is 8.45. The Bertz CT molecular complexity index is 813. The molecular weight excluding hydrogens is 338 g/mol. The van der Waals surface area contributed by atoms with Crippen LogP contribution in [0.3, 0.4) is 0 Å². The number of thioether (sulfide) groups is 2. The lowest BCUT2D eigenvalue weighted by Gasteiger charge is -2.04. The maximum atomic E-state index is 12.2. The van der Waals surface area contributed by atoms with Crippen LogP contribution in [0.15, 0.2) is 59.2 Å². The normalized spacial score (nSPS) is 15.7. The van der Waals surface area contributed by atoms with Gasteiger partial charge in [0.15, 0.2) is 0 Å². The first-order valence-electron chi connectivity index (χ1n) is 7.49. The van der Waals surface area contributed by atoms with E-state index in [1.807, 2.05) is 49.4 Å². The van der Waals surface area contributed by atoms with Gasteiger partial charge in [0.1, 0.15) is 15.8 Å². The van der Waals surface area contributed by atoms with Crippen molar-refractivity contribution in [3.05, 3.63) is 70.9 Å². The second kappa shape index (κ2) is 7.73. The van der Waals surface area contributed by atoms with Crippen molar-refractivity contribution in [1.29, 1.82) is 0 Å². The van der Waals surface area contributed by atoms with Crippen molar-refractivity contribution < 1.29 is 9.53 Å². The SMILES string of the molecule is COc1ccc(/C=C2/N=C(SCc3ccccc3)SC2=O)cc1C. The van der Waals surface area contributed by atoms with Gasteiger partial charge in [-0.05, 0) is 53.6 Å². The third-order valence-electron chi connectivity index (χ3n) is 3.53. The molecule has 24 heavy (non-hydrogen) atoms. The zero-order valence-corrected chi connectivity index (χ0v) is 15.1. The molecule has 0 radical (unpaired) electrons. The maximum absolute atomic E-state index is 12.2. The predicted molar refractivity (Wildman–Crippen MR) is 103 cm³/mol. The molecule has 2 aromatic rings. The molecule has 1 aliphatic heterocycles. The van der Waals surface area contributed by atoms with E-state index in [2.05, 4.69) is 17.1 Å². The molecule has 0 saturated heterocycles. The summed E-state index contributed by atoms with van der Waals surface area (Å²) in [5.41, 5.74) is 3.71. The molecule has 0 atom stereocenters. The second-order valence-electron chi connectivity index (χ2n) is 5.30. The minimum atomic E-state index is -0.000896. The number of ether oxygens (including phenoxy) is 1. The van der Waals surface area contributed by atoms with Gasteiger partial charge in [0.05, 0.1) is 7.11 Å². The topological polar surface area (TPSA) is 38.7 Å². The fraction of sp³-hybridized carbons (Fsp3) is 0.158. The molecule has 0 saturated carbocycles. The summed E-state index contributed by atoms with van der Waals surface area (Å²) >= 11 is 2.80. The number of carbonyl (C=O) groups is 1. The van der Waals surface area contributed by atoms with Gasteiger partial charge < -0.3 is 4.74 Å². The van der Waals surface area contributed by atoms with E-state index in [1.54, 1.807) is 18.9 Å². The van der Waals surface area contributed by atoms with E-state index in [4.69, 9.17) is 4.74 Å². The summed E-state index contributed by atoms with van der Waals surface area (Å²) in [6.45, 7) is 1.98. The van der Waals surface area contributed by atoms with E-state index in [-0.39, 0.29) is 5.12 Å². The molecule has 1 heterocycles. The number of carbonyl (C=O) groups excluding carboxylic acids is 1. The van der Waals surface area contributed by atoms with E-state index in [1.165, 1.54) is 17.3 Å². The quantitative estimate of drug-likeness (QED) is 0.731. The molecule has 2 aromatic carbocycles. The summed E-state index contributed by atoms with van der Waals surface area (Å²) in [6, 6.07) is 16.0. The van der Waals surface area contributed by atoms with Crippen molar-refractivity contribution in [1.82, 2.24) is 0 Å². The number of nitrogens with zero attached hydrogens (tertiary/aromatic N) is 1. The Morgan fingerprint density at radius 1 is 1.21 bits per heavy atom. The minimum Gasteiger partial charge on any atom is -0.496 e. The molecule has 1 aliphatic rings. The Morgan fingerprint density at radius 3 is 2.71 bits per heavy atom. The second-order valence-corrected chi connectivity index (χ2v) is 7.48. The van der Waals surface area contributed by atoms with Crippen molar-refractivity contribution in [2.75, 3.05) is 7.11 Å². The van der Waals surface area contributed by atoms with E-state index >= 15 is 0 Å². The zero-order valence-electron chi connectivity index (χ0n) is 13.5. The minimum absolute atomic E-state index is 0.000896. The molecule has 0 amide bonds. The van der Waals surface area contributed by atoms with Gasteiger partial charge in [0, 0.05) is 5.75 Å². The highest BCUT2D eigenvalue weighted by atomic mass is 32.2. The number of hydrogen-bond donors (Lipinski definition) is 0. The van der Waals surface area contributed by atoms with Crippen LogP contribution in [0.1, 0.15) is 16.7 Å². The Kier molecular flexibility index (Phi) is 5.43.